The summed E-state index contributed by atoms with van der Waals surface area (Å²) in [5.41, 5.74) is 0. The Morgan fingerprint density at radius 3 is 2.00 bits per heavy atom. The average molecular weight is 238 g/mol. The highest BCUT2D eigenvalue weighted by molar-refractivity contribution is 4.56. The van der Waals surface area contributed by atoms with E-state index >= 15 is 0 Å². The van der Waals surface area contributed by atoms with E-state index in [0.29, 0.717) is 26.2 Å². The number of hydrogen-bond acceptors (Lipinski definition) is 6. The largest absolute Gasteiger partial charge is 0.394 e. The predicted molar refractivity (Wildman–Crippen MR) is 57.3 cm³/mol. The van der Waals surface area contributed by atoms with Crippen LogP contribution in [0.3, 0.4) is 0 Å². The van der Waals surface area contributed by atoms with Crippen LogP contribution in [0.2, 0.25) is 0 Å². The molecular formula is C10H22O6. The van der Waals surface area contributed by atoms with E-state index in [-0.39, 0.29) is 39.1 Å². The summed E-state index contributed by atoms with van der Waals surface area (Å²) in [6.07, 6.45) is 0.475. The molecule has 98 valence electrons. The van der Waals surface area contributed by atoms with Gasteiger partial charge in [0.2, 0.25) is 0 Å². The second-order valence-corrected chi connectivity index (χ2v) is 3.14. The van der Waals surface area contributed by atoms with Crippen LogP contribution in [0.1, 0.15) is 6.42 Å². The molecular weight excluding hydrogens is 216 g/mol. The predicted octanol–water partition coefficient (Wildman–Crippen LogP) is -1.23. The molecule has 0 aromatic heterocycles. The molecule has 0 saturated carbocycles. The molecule has 0 aliphatic rings. The van der Waals surface area contributed by atoms with Gasteiger partial charge in [0.25, 0.3) is 0 Å². The Hall–Kier alpha value is -0.240. The zero-order valence-electron chi connectivity index (χ0n) is 9.51. The molecule has 6 nitrogen and oxygen atoms in total. The van der Waals surface area contributed by atoms with Gasteiger partial charge in [0.1, 0.15) is 0 Å². The van der Waals surface area contributed by atoms with Crippen LogP contribution in [-0.4, -0.2) is 74.3 Å². The van der Waals surface area contributed by atoms with Gasteiger partial charge in [-0.25, -0.2) is 0 Å². The fourth-order valence-corrected chi connectivity index (χ4v) is 1.09. The molecule has 3 N–H and O–H groups in total. The van der Waals surface area contributed by atoms with Crippen LogP contribution in [0.15, 0.2) is 0 Å². The van der Waals surface area contributed by atoms with Crippen LogP contribution in [0.25, 0.3) is 0 Å². The second-order valence-electron chi connectivity index (χ2n) is 3.14. The lowest BCUT2D eigenvalue weighted by Gasteiger charge is -2.17. The topological polar surface area (TPSA) is 88.4 Å². The van der Waals surface area contributed by atoms with E-state index in [2.05, 4.69) is 0 Å². The minimum atomic E-state index is -0.155. The normalized spacial score (nSPS) is 12.9. The number of aliphatic hydroxyl groups excluding tert-OH is 3. The van der Waals surface area contributed by atoms with Gasteiger partial charge in [-0.15, -0.1) is 0 Å². The number of aliphatic hydroxyl groups is 3. The van der Waals surface area contributed by atoms with Gasteiger partial charge in [-0.1, -0.05) is 0 Å². The summed E-state index contributed by atoms with van der Waals surface area (Å²) in [6.45, 7) is 1.63. The first-order chi connectivity index (χ1) is 7.85. The molecule has 1 unspecified atom stereocenters. The van der Waals surface area contributed by atoms with Crippen molar-refractivity contribution in [2.24, 2.45) is 0 Å². The summed E-state index contributed by atoms with van der Waals surface area (Å²) in [5.74, 6) is 0. The fraction of sp³-hybridized carbons (Fsp3) is 1.00. The van der Waals surface area contributed by atoms with Gasteiger partial charge in [-0.05, 0) is 6.42 Å². The Morgan fingerprint density at radius 1 is 0.750 bits per heavy atom. The summed E-state index contributed by atoms with van der Waals surface area (Å²) in [5, 5.41) is 25.7. The van der Waals surface area contributed by atoms with Crippen molar-refractivity contribution < 1.29 is 29.5 Å². The number of ether oxygens (including phenoxy) is 3. The van der Waals surface area contributed by atoms with E-state index in [9.17, 15) is 0 Å². The van der Waals surface area contributed by atoms with Crippen molar-refractivity contribution >= 4 is 0 Å². The third-order valence-corrected chi connectivity index (χ3v) is 1.80. The standard InChI is InChI=1S/C10H22O6/c11-2-6-14-5-1-10(16-8-4-13)9-15-7-3-12/h10-13H,1-9H2. The minimum absolute atomic E-state index is 0.00315. The summed E-state index contributed by atoms with van der Waals surface area (Å²) in [7, 11) is 0. The van der Waals surface area contributed by atoms with Gasteiger partial charge in [0.15, 0.2) is 0 Å². The smallest absolute Gasteiger partial charge is 0.0831 e. The minimum Gasteiger partial charge on any atom is -0.394 e. The number of hydrogen-bond donors (Lipinski definition) is 3. The van der Waals surface area contributed by atoms with Gasteiger partial charge < -0.3 is 29.5 Å². The van der Waals surface area contributed by atoms with E-state index in [1.807, 2.05) is 0 Å². The zero-order valence-corrected chi connectivity index (χ0v) is 9.51. The molecule has 1 atom stereocenters. The maximum atomic E-state index is 8.63. The Labute approximate surface area is 95.7 Å². The van der Waals surface area contributed by atoms with Crippen LogP contribution in [0, 0.1) is 0 Å². The van der Waals surface area contributed by atoms with E-state index < -0.39 is 0 Å². The van der Waals surface area contributed by atoms with Gasteiger partial charge >= 0.3 is 0 Å². The van der Waals surface area contributed by atoms with Crippen LogP contribution < -0.4 is 0 Å². The number of rotatable bonds is 12. The van der Waals surface area contributed by atoms with Crippen LogP contribution >= 0.6 is 0 Å². The molecule has 0 aromatic carbocycles. The van der Waals surface area contributed by atoms with Crippen molar-refractivity contribution in [1.29, 1.82) is 0 Å². The van der Waals surface area contributed by atoms with E-state index in [1.54, 1.807) is 0 Å². The quantitative estimate of drug-likeness (QED) is 0.369. The maximum absolute atomic E-state index is 8.63. The summed E-state index contributed by atoms with van der Waals surface area (Å²) in [6, 6.07) is 0. The third kappa shape index (κ3) is 10.3. The molecule has 0 amide bonds. The Balaban J connectivity index is 3.54. The first-order valence-corrected chi connectivity index (χ1v) is 5.44. The average Bonchev–Trinajstić information content (AvgIpc) is 2.31. The van der Waals surface area contributed by atoms with Crippen LogP contribution in [-0.2, 0) is 14.2 Å². The molecule has 0 fully saturated rings. The van der Waals surface area contributed by atoms with Gasteiger partial charge in [0, 0.05) is 6.61 Å². The highest BCUT2D eigenvalue weighted by Gasteiger charge is 2.09. The van der Waals surface area contributed by atoms with Crippen molar-refractivity contribution in [1.82, 2.24) is 0 Å². The van der Waals surface area contributed by atoms with Crippen molar-refractivity contribution in [3.63, 3.8) is 0 Å². The Bertz CT molecular complexity index is 132. The molecule has 0 aromatic rings. The van der Waals surface area contributed by atoms with Crippen molar-refractivity contribution in [2.45, 2.75) is 12.5 Å². The molecule has 0 aliphatic heterocycles. The highest BCUT2D eigenvalue weighted by atomic mass is 16.5. The lowest BCUT2D eigenvalue weighted by Crippen LogP contribution is -2.24. The van der Waals surface area contributed by atoms with E-state index in [0.717, 1.165) is 0 Å². The summed E-state index contributed by atoms with van der Waals surface area (Å²) >= 11 is 0. The fourth-order valence-electron chi connectivity index (χ4n) is 1.09. The molecule has 0 aliphatic carbocycles. The molecule has 0 heterocycles. The second kappa shape index (κ2) is 12.8. The first-order valence-electron chi connectivity index (χ1n) is 5.44. The molecule has 0 saturated heterocycles. The summed E-state index contributed by atoms with van der Waals surface area (Å²) in [4.78, 5) is 0. The van der Waals surface area contributed by atoms with Gasteiger partial charge in [-0.3, -0.25) is 0 Å². The molecule has 16 heavy (non-hydrogen) atoms. The highest BCUT2D eigenvalue weighted by Crippen LogP contribution is 2.00. The van der Waals surface area contributed by atoms with Gasteiger partial charge in [0.05, 0.1) is 52.4 Å². The van der Waals surface area contributed by atoms with Crippen molar-refractivity contribution in [3.05, 3.63) is 0 Å². The van der Waals surface area contributed by atoms with Crippen molar-refractivity contribution in [2.75, 3.05) is 52.9 Å². The molecule has 0 rings (SSSR count). The Kier molecular flexibility index (Phi) is 12.6. The third-order valence-electron chi connectivity index (χ3n) is 1.80. The van der Waals surface area contributed by atoms with Crippen LogP contribution in [0.5, 0.6) is 0 Å². The first kappa shape index (κ1) is 15.8. The zero-order chi connectivity index (χ0) is 12.1. The monoisotopic (exact) mass is 238 g/mol. The SMILES string of the molecule is OCCOCCC(COCCO)OCCO. The Morgan fingerprint density at radius 2 is 1.38 bits per heavy atom. The summed E-state index contributed by atoms with van der Waals surface area (Å²) < 4.78 is 15.6. The van der Waals surface area contributed by atoms with E-state index in [1.165, 1.54) is 0 Å². The molecule has 6 heteroatoms. The maximum Gasteiger partial charge on any atom is 0.0831 e. The lowest BCUT2D eigenvalue weighted by atomic mass is 10.3. The molecule has 0 radical (unpaired) electrons. The van der Waals surface area contributed by atoms with E-state index in [4.69, 9.17) is 29.5 Å². The lowest BCUT2D eigenvalue weighted by molar-refractivity contribution is -0.0482. The molecule has 0 bridgehead atoms. The van der Waals surface area contributed by atoms with Crippen molar-refractivity contribution in [3.8, 4) is 0 Å². The van der Waals surface area contributed by atoms with Gasteiger partial charge in [-0.2, -0.15) is 0 Å². The van der Waals surface area contributed by atoms with Crippen LogP contribution in [0.4, 0.5) is 0 Å². The molecule has 0 spiro atoms.